The number of benzene rings is 3. The van der Waals surface area contributed by atoms with Crippen molar-refractivity contribution in [2.45, 2.75) is 6.04 Å². The molecule has 0 radical (unpaired) electrons. The number of ether oxygens (including phenoxy) is 1. The standard InChI is InChI=1S/C22H17ClFN3O2/c1-28-19-12-11-17(13-18(19)23)25-20(14-7-9-16(24)10-8-14)22-27-26-21(29-22)15-5-3-2-4-6-15/h2-13,20,25H,1H3/t20-/m1/s1. The van der Waals surface area contributed by atoms with E-state index in [0.717, 1.165) is 16.8 Å². The highest BCUT2D eigenvalue weighted by Gasteiger charge is 2.22. The summed E-state index contributed by atoms with van der Waals surface area (Å²) >= 11 is 6.24. The van der Waals surface area contributed by atoms with E-state index in [1.165, 1.54) is 12.1 Å². The lowest BCUT2D eigenvalue weighted by molar-refractivity contribution is 0.415. The fourth-order valence-electron chi connectivity index (χ4n) is 2.91. The van der Waals surface area contributed by atoms with Gasteiger partial charge >= 0.3 is 0 Å². The molecular formula is C22H17ClFN3O2. The van der Waals surface area contributed by atoms with Gasteiger partial charge in [-0.25, -0.2) is 4.39 Å². The molecule has 0 fully saturated rings. The molecule has 0 aliphatic carbocycles. The molecule has 0 aliphatic rings. The lowest BCUT2D eigenvalue weighted by Crippen LogP contribution is -2.13. The number of methoxy groups -OCH3 is 1. The van der Waals surface area contributed by atoms with Crippen LogP contribution in [0, 0.1) is 5.82 Å². The molecule has 7 heteroatoms. The lowest BCUT2D eigenvalue weighted by atomic mass is 10.1. The SMILES string of the molecule is COc1ccc(N[C@H](c2ccc(F)cc2)c2nnc(-c3ccccc3)o2)cc1Cl. The van der Waals surface area contributed by atoms with E-state index in [1.54, 1.807) is 31.4 Å². The third-order valence-electron chi connectivity index (χ3n) is 4.37. The van der Waals surface area contributed by atoms with Gasteiger partial charge in [-0.3, -0.25) is 0 Å². The van der Waals surface area contributed by atoms with Crippen LogP contribution >= 0.6 is 11.6 Å². The fourth-order valence-corrected chi connectivity index (χ4v) is 3.17. The predicted octanol–water partition coefficient (Wildman–Crippen LogP) is 5.74. The molecule has 0 spiro atoms. The molecule has 1 N–H and O–H groups in total. The largest absolute Gasteiger partial charge is 0.495 e. The molecule has 0 unspecified atom stereocenters. The van der Waals surface area contributed by atoms with Crippen molar-refractivity contribution >= 4 is 17.3 Å². The zero-order valence-corrected chi connectivity index (χ0v) is 16.2. The Kier molecular flexibility index (Phi) is 5.44. The van der Waals surface area contributed by atoms with Gasteiger partial charge in [-0.2, -0.15) is 0 Å². The summed E-state index contributed by atoms with van der Waals surface area (Å²) < 4.78 is 24.6. The third kappa shape index (κ3) is 4.22. The van der Waals surface area contributed by atoms with Gasteiger partial charge in [0.2, 0.25) is 11.8 Å². The highest BCUT2D eigenvalue weighted by Crippen LogP contribution is 2.32. The van der Waals surface area contributed by atoms with Crippen molar-refractivity contribution in [1.82, 2.24) is 10.2 Å². The minimum absolute atomic E-state index is 0.324. The Labute approximate surface area is 172 Å². The first kappa shape index (κ1) is 19.0. The monoisotopic (exact) mass is 409 g/mol. The maximum atomic E-state index is 13.4. The Morgan fingerprint density at radius 2 is 1.76 bits per heavy atom. The van der Waals surface area contributed by atoms with Crippen molar-refractivity contribution in [2.24, 2.45) is 0 Å². The van der Waals surface area contributed by atoms with Crippen LogP contribution in [0.25, 0.3) is 11.5 Å². The average Bonchev–Trinajstić information content (AvgIpc) is 3.23. The number of halogens is 2. The van der Waals surface area contributed by atoms with Crippen LogP contribution in [0.4, 0.5) is 10.1 Å². The van der Waals surface area contributed by atoms with Crippen molar-refractivity contribution < 1.29 is 13.5 Å². The number of hydrogen-bond acceptors (Lipinski definition) is 5. The normalized spacial score (nSPS) is 11.8. The zero-order chi connectivity index (χ0) is 20.2. The second-order valence-electron chi connectivity index (χ2n) is 6.29. The molecule has 0 bridgehead atoms. The van der Waals surface area contributed by atoms with Crippen molar-refractivity contribution in [2.75, 3.05) is 12.4 Å². The molecule has 1 atom stereocenters. The highest BCUT2D eigenvalue weighted by atomic mass is 35.5. The summed E-state index contributed by atoms with van der Waals surface area (Å²) in [6.45, 7) is 0. The quantitative estimate of drug-likeness (QED) is 0.440. The molecule has 3 aromatic carbocycles. The minimum Gasteiger partial charge on any atom is -0.495 e. The van der Waals surface area contributed by atoms with E-state index in [9.17, 15) is 4.39 Å². The molecule has 0 saturated carbocycles. The third-order valence-corrected chi connectivity index (χ3v) is 4.67. The van der Waals surface area contributed by atoms with E-state index in [2.05, 4.69) is 15.5 Å². The smallest absolute Gasteiger partial charge is 0.247 e. The van der Waals surface area contributed by atoms with Gasteiger partial charge in [0, 0.05) is 11.3 Å². The van der Waals surface area contributed by atoms with Crippen LogP contribution in [0.15, 0.2) is 77.2 Å². The molecular weight excluding hydrogens is 393 g/mol. The molecule has 1 heterocycles. The second kappa shape index (κ2) is 8.32. The number of aromatic nitrogens is 2. The summed E-state index contributed by atoms with van der Waals surface area (Å²) in [6, 6.07) is 20.4. The van der Waals surface area contributed by atoms with Gasteiger partial charge in [0.25, 0.3) is 0 Å². The van der Waals surface area contributed by atoms with E-state index in [4.69, 9.17) is 20.8 Å². The summed E-state index contributed by atoms with van der Waals surface area (Å²) in [6.07, 6.45) is 0. The molecule has 4 aromatic rings. The lowest BCUT2D eigenvalue weighted by Gasteiger charge is -2.18. The number of anilines is 1. The molecule has 0 amide bonds. The maximum Gasteiger partial charge on any atom is 0.247 e. The first-order chi connectivity index (χ1) is 14.1. The summed E-state index contributed by atoms with van der Waals surface area (Å²) in [5.74, 6) is 1.000. The van der Waals surface area contributed by atoms with Gasteiger partial charge in [-0.1, -0.05) is 41.9 Å². The van der Waals surface area contributed by atoms with Gasteiger partial charge in [0.05, 0.1) is 12.1 Å². The van der Waals surface area contributed by atoms with Crippen molar-refractivity contribution in [3.63, 3.8) is 0 Å². The summed E-state index contributed by atoms with van der Waals surface area (Å²) in [5.41, 5.74) is 2.31. The number of nitrogens with one attached hydrogen (secondary N) is 1. The number of rotatable bonds is 6. The van der Waals surface area contributed by atoms with E-state index in [1.807, 2.05) is 36.4 Å². The second-order valence-corrected chi connectivity index (χ2v) is 6.70. The summed E-state index contributed by atoms with van der Waals surface area (Å²) in [4.78, 5) is 0. The van der Waals surface area contributed by atoms with Crippen LogP contribution in [-0.2, 0) is 0 Å². The predicted molar refractivity (Wildman–Crippen MR) is 110 cm³/mol. The van der Waals surface area contributed by atoms with Crippen LogP contribution < -0.4 is 10.1 Å². The van der Waals surface area contributed by atoms with E-state index in [0.29, 0.717) is 22.6 Å². The first-order valence-electron chi connectivity index (χ1n) is 8.88. The highest BCUT2D eigenvalue weighted by molar-refractivity contribution is 6.32. The van der Waals surface area contributed by atoms with Gasteiger partial charge in [0.15, 0.2) is 0 Å². The van der Waals surface area contributed by atoms with Gasteiger partial charge in [-0.15, -0.1) is 10.2 Å². The number of nitrogens with zero attached hydrogens (tertiary/aromatic N) is 2. The molecule has 1 aromatic heterocycles. The van der Waals surface area contributed by atoms with Crippen LogP contribution in [-0.4, -0.2) is 17.3 Å². The molecule has 5 nitrogen and oxygen atoms in total. The molecule has 29 heavy (non-hydrogen) atoms. The van der Waals surface area contributed by atoms with E-state index in [-0.39, 0.29) is 5.82 Å². The topological polar surface area (TPSA) is 60.2 Å². The van der Waals surface area contributed by atoms with Gasteiger partial charge in [0.1, 0.15) is 17.6 Å². The number of hydrogen-bond donors (Lipinski definition) is 1. The van der Waals surface area contributed by atoms with Crippen LogP contribution in [0.5, 0.6) is 5.75 Å². The zero-order valence-electron chi connectivity index (χ0n) is 15.5. The Hall–Kier alpha value is -3.38. The fraction of sp³-hybridized carbons (Fsp3) is 0.0909. The van der Waals surface area contributed by atoms with Crippen molar-refractivity contribution in [3.05, 3.63) is 95.1 Å². The Morgan fingerprint density at radius 1 is 1.00 bits per heavy atom. The van der Waals surface area contributed by atoms with E-state index >= 15 is 0 Å². The summed E-state index contributed by atoms with van der Waals surface area (Å²) in [5, 5.41) is 12.2. The van der Waals surface area contributed by atoms with E-state index < -0.39 is 6.04 Å². The molecule has 0 aliphatic heterocycles. The molecule has 4 rings (SSSR count). The maximum absolute atomic E-state index is 13.4. The van der Waals surface area contributed by atoms with Crippen LogP contribution in [0.1, 0.15) is 17.5 Å². The summed E-state index contributed by atoms with van der Waals surface area (Å²) in [7, 11) is 1.55. The van der Waals surface area contributed by atoms with Crippen LogP contribution in [0.2, 0.25) is 5.02 Å². The average molecular weight is 410 g/mol. The molecule has 0 saturated heterocycles. The Bertz CT molecular complexity index is 1100. The minimum atomic E-state index is -0.495. The van der Waals surface area contributed by atoms with Crippen molar-refractivity contribution in [3.8, 4) is 17.2 Å². The Balaban J connectivity index is 1.70. The van der Waals surface area contributed by atoms with Gasteiger partial charge in [-0.05, 0) is 48.0 Å². The van der Waals surface area contributed by atoms with Crippen molar-refractivity contribution in [1.29, 1.82) is 0 Å². The Morgan fingerprint density at radius 3 is 2.45 bits per heavy atom. The first-order valence-corrected chi connectivity index (χ1v) is 9.26. The van der Waals surface area contributed by atoms with Gasteiger partial charge < -0.3 is 14.5 Å². The molecule has 146 valence electrons. The van der Waals surface area contributed by atoms with Crippen LogP contribution in [0.3, 0.4) is 0 Å².